The van der Waals surface area contributed by atoms with Crippen LogP contribution in [0.25, 0.3) is 0 Å². The molecular formula is C23H28F6N4O6. The molecule has 1 saturated heterocycles. The van der Waals surface area contributed by atoms with Crippen molar-refractivity contribution in [3.8, 4) is 0 Å². The second kappa shape index (κ2) is 14.2. The number of nitrogens with zero attached hydrogens (tertiary/aromatic N) is 4. The molecule has 0 radical (unpaired) electrons. The summed E-state index contributed by atoms with van der Waals surface area (Å²) in [6.07, 6.45) is -2.33. The monoisotopic (exact) mass is 570 g/mol. The van der Waals surface area contributed by atoms with Gasteiger partial charge in [0, 0.05) is 44.7 Å². The number of pyridine rings is 1. The van der Waals surface area contributed by atoms with Crippen LogP contribution < -0.4 is 0 Å². The summed E-state index contributed by atoms with van der Waals surface area (Å²) in [5, 5.41) is 14.2. The third-order valence-electron chi connectivity index (χ3n) is 5.83. The van der Waals surface area contributed by atoms with Gasteiger partial charge in [-0.3, -0.25) is 9.88 Å². The van der Waals surface area contributed by atoms with Crippen LogP contribution in [0.4, 0.5) is 26.3 Å². The summed E-state index contributed by atoms with van der Waals surface area (Å²) in [7, 11) is 0. The Kier molecular flexibility index (Phi) is 11.7. The zero-order valence-electron chi connectivity index (χ0n) is 20.8. The van der Waals surface area contributed by atoms with Gasteiger partial charge in [0.25, 0.3) is 0 Å². The van der Waals surface area contributed by atoms with Crippen LogP contribution >= 0.6 is 0 Å². The van der Waals surface area contributed by atoms with Gasteiger partial charge < -0.3 is 24.3 Å². The predicted molar refractivity (Wildman–Crippen MR) is 121 cm³/mol. The van der Waals surface area contributed by atoms with Gasteiger partial charge in [-0.15, -0.1) is 0 Å². The van der Waals surface area contributed by atoms with E-state index in [-0.39, 0.29) is 0 Å². The average Bonchev–Trinajstić information content (AvgIpc) is 3.29. The van der Waals surface area contributed by atoms with Crippen LogP contribution in [-0.2, 0) is 38.8 Å². The minimum atomic E-state index is -5.08. The highest BCUT2D eigenvalue weighted by Gasteiger charge is 2.39. The Hall–Kier alpha value is -3.24. The van der Waals surface area contributed by atoms with Gasteiger partial charge in [0.05, 0.1) is 31.1 Å². The lowest BCUT2D eigenvalue weighted by atomic mass is 10.0. The zero-order chi connectivity index (χ0) is 29.2. The number of carboxylic acids is 2. The molecule has 4 heterocycles. The number of ether oxygens (including phenoxy) is 2. The lowest BCUT2D eigenvalue weighted by Crippen LogP contribution is -2.46. The number of hydrogen-bond acceptors (Lipinski definition) is 7. The molecule has 0 bridgehead atoms. The maximum atomic E-state index is 10.6. The minimum Gasteiger partial charge on any atom is -0.475 e. The minimum absolute atomic E-state index is 0.353. The van der Waals surface area contributed by atoms with Crippen molar-refractivity contribution in [3.05, 3.63) is 47.8 Å². The zero-order valence-corrected chi connectivity index (χ0v) is 20.8. The second-order valence-electron chi connectivity index (χ2n) is 8.47. The number of rotatable bonds is 5. The lowest BCUT2D eigenvalue weighted by Gasteiger charge is -2.41. The fourth-order valence-electron chi connectivity index (χ4n) is 3.96. The largest absolute Gasteiger partial charge is 0.490 e. The van der Waals surface area contributed by atoms with Crippen molar-refractivity contribution in [3.63, 3.8) is 0 Å². The van der Waals surface area contributed by atoms with Crippen molar-refractivity contribution in [2.45, 2.75) is 64.0 Å². The van der Waals surface area contributed by atoms with E-state index in [1.54, 1.807) is 12.4 Å². The van der Waals surface area contributed by atoms with Crippen molar-refractivity contribution >= 4 is 11.9 Å². The fourth-order valence-corrected chi connectivity index (χ4v) is 3.96. The van der Waals surface area contributed by atoms with E-state index in [0.717, 1.165) is 44.7 Å². The van der Waals surface area contributed by atoms with Gasteiger partial charge >= 0.3 is 24.3 Å². The van der Waals surface area contributed by atoms with Gasteiger partial charge in [0.1, 0.15) is 5.82 Å². The molecule has 0 saturated carbocycles. The molecule has 1 unspecified atom stereocenters. The lowest BCUT2D eigenvalue weighted by molar-refractivity contribution is -0.193. The van der Waals surface area contributed by atoms with E-state index >= 15 is 0 Å². The third kappa shape index (κ3) is 10.1. The number of aromatic nitrogens is 3. The van der Waals surface area contributed by atoms with Crippen molar-refractivity contribution < 1.29 is 55.6 Å². The molecule has 0 aliphatic carbocycles. The standard InChI is InChI=1S/C19H26N4O2.2C2HF3O2/c1-15-19-21-12-18(14-25-13-16-2-6-20-7-3-16)23(19)9-8-22(15)17-4-10-24-11-5-17;2*3-2(4,5)1(6)7/h2-3,6-7,12,15,17H,4-5,8-11,13-14H2,1H3;2*(H,6,7). The van der Waals surface area contributed by atoms with Crippen LogP contribution in [0, 0.1) is 0 Å². The van der Waals surface area contributed by atoms with Crippen molar-refractivity contribution in [1.29, 1.82) is 0 Å². The number of imidazole rings is 1. The van der Waals surface area contributed by atoms with E-state index in [4.69, 9.17) is 34.3 Å². The Morgan fingerprint density at radius 3 is 2.05 bits per heavy atom. The fraction of sp³-hybridized carbons (Fsp3) is 0.565. The van der Waals surface area contributed by atoms with Crippen LogP contribution in [0.2, 0.25) is 0 Å². The molecule has 0 spiro atoms. The number of carboxylic acid groups (broad SMARTS) is 2. The quantitative estimate of drug-likeness (QED) is 0.516. The number of hydrogen-bond donors (Lipinski definition) is 2. The summed E-state index contributed by atoms with van der Waals surface area (Å²) < 4.78 is 77.2. The number of alkyl halides is 6. The number of aliphatic carboxylic acids is 2. The van der Waals surface area contributed by atoms with E-state index in [1.165, 1.54) is 11.5 Å². The summed E-state index contributed by atoms with van der Waals surface area (Å²) in [6.45, 7) is 7.31. The molecule has 218 valence electrons. The topological polar surface area (TPSA) is 127 Å². The Morgan fingerprint density at radius 2 is 1.54 bits per heavy atom. The van der Waals surface area contributed by atoms with Crippen LogP contribution in [0.15, 0.2) is 30.7 Å². The second-order valence-corrected chi connectivity index (χ2v) is 8.47. The van der Waals surface area contributed by atoms with Gasteiger partial charge in [-0.1, -0.05) is 0 Å². The number of halogens is 6. The van der Waals surface area contributed by atoms with Crippen LogP contribution in [-0.4, -0.2) is 79.7 Å². The van der Waals surface area contributed by atoms with Gasteiger partial charge in [0.15, 0.2) is 0 Å². The molecule has 2 aliphatic heterocycles. The molecule has 2 aliphatic rings. The highest BCUT2D eigenvalue weighted by Crippen LogP contribution is 2.30. The van der Waals surface area contributed by atoms with E-state index < -0.39 is 24.3 Å². The van der Waals surface area contributed by atoms with Crippen LogP contribution in [0.3, 0.4) is 0 Å². The third-order valence-corrected chi connectivity index (χ3v) is 5.83. The Morgan fingerprint density at radius 1 is 1.00 bits per heavy atom. The van der Waals surface area contributed by atoms with Gasteiger partial charge in [-0.05, 0) is 37.5 Å². The molecule has 2 aromatic heterocycles. The molecule has 0 aromatic carbocycles. The van der Waals surface area contributed by atoms with Crippen molar-refractivity contribution in [2.24, 2.45) is 0 Å². The molecule has 0 amide bonds. The van der Waals surface area contributed by atoms with E-state index in [0.29, 0.717) is 25.3 Å². The Labute approximate surface area is 219 Å². The molecule has 16 heteroatoms. The Bertz CT molecular complexity index is 1030. The van der Waals surface area contributed by atoms with Crippen molar-refractivity contribution in [2.75, 3.05) is 19.8 Å². The highest BCUT2D eigenvalue weighted by molar-refractivity contribution is 5.73. The number of carbonyl (C=O) groups is 2. The molecule has 1 fully saturated rings. The van der Waals surface area contributed by atoms with E-state index in [9.17, 15) is 26.3 Å². The average molecular weight is 570 g/mol. The molecule has 2 aromatic rings. The summed E-state index contributed by atoms with van der Waals surface area (Å²) in [4.78, 5) is 29.1. The molecule has 10 nitrogen and oxygen atoms in total. The first-order valence-electron chi connectivity index (χ1n) is 11.7. The van der Waals surface area contributed by atoms with Gasteiger partial charge in [-0.25, -0.2) is 14.6 Å². The predicted octanol–water partition coefficient (Wildman–Crippen LogP) is 3.82. The van der Waals surface area contributed by atoms with Gasteiger partial charge in [0.2, 0.25) is 0 Å². The summed E-state index contributed by atoms with van der Waals surface area (Å²) in [5.74, 6) is -4.35. The SMILES string of the molecule is CC1c2ncc(COCc3ccncc3)n2CCN1C1CCOCC1.O=C(O)C(F)(F)F.O=C(O)C(F)(F)F. The molecular weight excluding hydrogens is 542 g/mol. The Balaban J connectivity index is 0.000000317. The molecule has 2 N–H and O–H groups in total. The number of fused-ring (bicyclic) bond motifs is 1. The van der Waals surface area contributed by atoms with Gasteiger partial charge in [-0.2, -0.15) is 26.3 Å². The highest BCUT2D eigenvalue weighted by atomic mass is 19.4. The van der Waals surface area contributed by atoms with E-state index in [1.807, 2.05) is 18.3 Å². The maximum Gasteiger partial charge on any atom is 0.490 e. The first-order chi connectivity index (χ1) is 18.2. The van der Waals surface area contributed by atoms with E-state index in [2.05, 4.69) is 21.4 Å². The first kappa shape index (κ1) is 32.0. The molecule has 1 atom stereocenters. The summed E-state index contributed by atoms with van der Waals surface area (Å²) >= 11 is 0. The normalized spacial score (nSPS) is 18.2. The summed E-state index contributed by atoms with van der Waals surface area (Å²) in [6, 6.07) is 4.95. The maximum absolute atomic E-state index is 10.6. The molecule has 39 heavy (non-hydrogen) atoms. The first-order valence-corrected chi connectivity index (χ1v) is 11.7. The summed E-state index contributed by atoms with van der Waals surface area (Å²) in [5.41, 5.74) is 2.31. The van der Waals surface area contributed by atoms with Crippen LogP contribution in [0.5, 0.6) is 0 Å². The molecule has 4 rings (SSSR count). The van der Waals surface area contributed by atoms with Crippen molar-refractivity contribution in [1.82, 2.24) is 19.4 Å². The smallest absolute Gasteiger partial charge is 0.475 e. The van der Waals surface area contributed by atoms with Crippen LogP contribution in [0.1, 0.15) is 42.9 Å².